The highest BCUT2D eigenvalue weighted by atomic mass is 32.1. The van der Waals surface area contributed by atoms with E-state index in [9.17, 15) is 15.2 Å². The Balaban J connectivity index is 1.20. The number of aliphatic carboxylic acids is 1. The fourth-order valence-electron chi connectivity index (χ4n) is 7.10. The van der Waals surface area contributed by atoms with E-state index in [1.165, 1.54) is 21.7 Å². The summed E-state index contributed by atoms with van der Waals surface area (Å²) in [6.07, 6.45) is 2.79. The number of thiazole rings is 1. The first kappa shape index (κ1) is 31.3. The lowest BCUT2D eigenvalue weighted by Crippen LogP contribution is -2.36. The number of benzene rings is 3. The second-order valence-corrected chi connectivity index (χ2v) is 14.1. The number of nitriles is 1. The molecule has 47 heavy (non-hydrogen) atoms. The first-order valence-corrected chi connectivity index (χ1v) is 17.3. The van der Waals surface area contributed by atoms with Gasteiger partial charge in [-0.3, -0.25) is 14.6 Å². The van der Waals surface area contributed by atoms with Gasteiger partial charge in [0.25, 0.3) is 0 Å². The van der Waals surface area contributed by atoms with Crippen molar-refractivity contribution in [2.45, 2.75) is 66.1 Å². The molecule has 0 aliphatic carbocycles. The van der Waals surface area contributed by atoms with Crippen LogP contribution in [0.25, 0.3) is 44.3 Å². The van der Waals surface area contributed by atoms with Crippen molar-refractivity contribution in [1.29, 1.82) is 5.26 Å². The molecule has 7 rings (SSSR count). The molecule has 0 saturated carbocycles. The summed E-state index contributed by atoms with van der Waals surface area (Å²) < 4.78 is 6.29. The Morgan fingerprint density at radius 1 is 1.09 bits per heavy atom. The van der Waals surface area contributed by atoms with Crippen LogP contribution >= 0.6 is 11.3 Å². The van der Waals surface area contributed by atoms with Crippen molar-refractivity contribution in [3.05, 3.63) is 81.4 Å². The number of nitrogens with zero attached hydrogens (tertiary/aromatic N) is 5. The Bertz CT molecular complexity index is 2040. The minimum absolute atomic E-state index is 0.347. The predicted molar refractivity (Wildman–Crippen MR) is 185 cm³/mol. The SMILES string of the molecule is CCC(C)N1CCc2nc(-c3cccc(-c4cccc(-c5nc6cc(CN7CC[C@@H](C(=O)O)C7)cc(C#N)c6o5)c4C)c3C)sc2C1. The van der Waals surface area contributed by atoms with Crippen molar-refractivity contribution in [2.75, 3.05) is 19.6 Å². The van der Waals surface area contributed by atoms with Gasteiger partial charge in [-0.15, -0.1) is 11.3 Å². The van der Waals surface area contributed by atoms with Crippen LogP contribution in [-0.2, 0) is 24.3 Å². The molecule has 240 valence electrons. The number of rotatable bonds is 8. The zero-order valence-electron chi connectivity index (χ0n) is 27.3. The van der Waals surface area contributed by atoms with E-state index >= 15 is 0 Å². The van der Waals surface area contributed by atoms with E-state index in [0.29, 0.717) is 48.1 Å². The zero-order chi connectivity index (χ0) is 32.8. The fraction of sp³-hybridized carbons (Fsp3) is 0.368. The molecular weight excluding hydrogens is 607 g/mol. The maximum atomic E-state index is 11.4. The van der Waals surface area contributed by atoms with Crippen LogP contribution in [0.4, 0.5) is 0 Å². The lowest BCUT2D eigenvalue weighted by Gasteiger charge is -2.31. The van der Waals surface area contributed by atoms with E-state index in [0.717, 1.165) is 65.3 Å². The third-order valence-electron chi connectivity index (χ3n) is 10.1. The molecule has 0 radical (unpaired) electrons. The number of carboxylic acids is 1. The summed E-state index contributed by atoms with van der Waals surface area (Å²) in [7, 11) is 0. The van der Waals surface area contributed by atoms with Gasteiger partial charge >= 0.3 is 5.97 Å². The highest BCUT2D eigenvalue weighted by Crippen LogP contribution is 2.40. The molecule has 4 heterocycles. The van der Waals surface area contributed by atoms with Crippen LogP contribution in [0.5, 0.6) is 0 Å². The molecule has 0 amide bonds. The Labute approximate surface area is 279 Å². The average Bonchev–Trinajstić information content (AvgIpc) is 3.82. The Morgan fingerprint density at radius 3 is 2.51 bits per heavy atom. The second kappa shape index (κ2) is 12.7. The quantitative estimate of drug-likeness (QED) is 0.182. The van der Waals surface area contributed by atoms with Gasteiger partial charge in [0.05, 0.1) is 17.2 Å². The lowest BCUT2D eigenvalue weighted by molar-refractivity contribution is -0.141. The summed E-state index contributed by atoms with van der Waals surface area (Å²) in [4.78, 5) is 27.5. The van der Waals surface area contributed by atoms with Gasteiger partial charge in [0, 0.05) is 54.6 Å². The van der Waals surface area contributed by atoms with E-state index in [1.807, 2.05) is 35.6 Å². The number of hydrogen-bond donors (Lipinski definition) is 1. The fourth-order valence-corrected chi connectivity index (χ4v) is 8.32. The van der Waals surface area contributed by atoms with E-state index in [2.05, 4.69) is 67.8 Å². The normalized spacial score (nSPS) is 17.6. The third-order valence-corrected chi connectivity index (χ3v) is 11.2. The van der Waals surface area contributed by atoms with Crippen LogP contribution in [0.3, 0.4) is 0 Å². The van der Waals surface area contributed by atoms with Crippen LogP contribution in [0.15, 0.2) is 52.9 Å². The topological polar surface area (TPSA) is 106 Å². The molecule has 9 heteroatoms. The van der Waals surface area contributed by atoms with Crippen molar-refractivity contribution in [3.63, 3.8) is 0 Å². The van der Waals surface area contributed by atoms with Gasteiger partial charge in [-0.05, 0) is 86.2 Å². The van der Waals surface area contributed by atoms with E-state index in [-0.39, 0.29) is 5.92 Å². The largest absolute Gasteiger partial charge is 0.481 e. The molecule has 0 bridgehead atoms. The van der Waals surface area contributed by atoms with Gasteiger partial charge in [0.2, 0.25) is 5.89 Å². The molecule has 5 aromatic rings. The molecule has 2 atom stereocenters. The highest BCUT2D eigenvalue weighted by Gasteiger charge is 2.29. The van der Waals surface area contributed by atoms with Gasteiger partial charge in [-0.1, -0.05) is 37.3 Å². The first-order chi connectivity index (χ1) is 22.7. The van der Waals surface area contributed by atoms with Gasteiger partial charge in [0.1, 0.15) is 16.6 Å². The standard InChI is InChI=1S/C38H39N5O3S/c1-5-22(2)43-15-13-32-34(21-43)47-37(41-32)31-11-7-9-29(24(31)4)28-8-6-10-30(23(28)3)36-40-33-17-25(16-27(18-39)35(33)46-36)19-42-14-12-26(20-42)38(44)45/h6-11,16-17,22,26H,5,12-15,19-21H2,1-4H3,(H,44,45)/t22?,26-/m1/s1. The summed E-state index contributed by atoms with van der Waals surface area (Å²) in [5.41, 5.74) is 10.3. The van der Waals surface area contributed by atoms with Crippen LogP contribution in [-0.4, -0.2) is 56.5 Å². The van der Waals surface area contributed by atoms with Crippen LogP contribution in [0, 0.1) is 31.1 Å². The maximum Gasteiger partial charge on any atom is 0.307 e. The van der Waals surface area contributed by atoms with Crippen LogP contribution < -0.4 is 0 Å². The van der Waals surface area contributed by atoms with Crippen molar-refractivity contribution in [3.8, 4) is 39.2 Å². The minimum Gasteiger partial charge on any atom is -0.481 e. The van der Waals surface area contributed by atoms with Crippen LogP contribution in [0.1, 0.15) is 59.5 Å². The average molecular weight is 646 g/mol. The number of oxazole rings is 1. The first-order valence-electron chi connectivity index (χ1n) is 16.5. The lowest BCUT2D eigenvalue weighted by atomic mass is 9.91. The maximum absolute atomic E-state index is 11.4. The van der Waals surface area contributed by atoms with Crippen molar-refractivity contribution >= 4 is 28.4 Å². The number of carboxylic acid groups (broad SMARTS) is 1. The Kier molecular flexibility index (Phi) is 8.43. The Hall–Kier alpha value is -4.36. The molecule has 8 nitrogen and oxygen atoms in total. The summed E-state index contributed by atoms with van der Waals surface area (Å²) in [5, 5.41) is 20.5. The van der Waals surface area contributed by atoms with E-state index in [4.69, 9.17) is 14.4 Å². The van der Waals surface area contributed by atoms with E-state index in [1.54, 1.807) is 0 Å². The summed E-state index contributed by atoms with van der Waals surface area (Å²) in [5.74, 6) is -0.621. The van der Waals surface area contributed by atoms with Crippen molar-refractivity contribution < 1.29 is 14.3 Å². The van der Waals surface area contributed by atoms with Crippen molar-refractivity contribution in [2.24, 2.45) is 5.92 Å². The molecule has 2 aromatic heterocycles. The molecule has 3 aromatic carbocycles. The molecule has 1 unspecified atom stereocenters. The van der Waals surface area contributed by atoms with Gasteiger partial charge in [-0.25, -0.2) is 9.97 Å². The Morgan fingerprint density at radius 2 is 1.81 bits per heavy atom. The third kappa shape index (κ3) is 5.86. The minimum atomic E-state index is -0.753. The second-order valence-electron chi connectivity index (χ2n) is 13.0. The number of fused-ring (bicyclic) bond motifs is 2. The smallest absolute Gasteiger partial charge is 0.307 e. The number of likely N-dealkylation sites (tertiary alicyclic amines) is 1. The summed E-state index contributed by atoms with van der Waals surface area (Å²) in [6.45, 7) is 12.7. The highest BCUT2D eigenvalue weighted by molar-refractivity contribution is 7.15. The zero-order valence-corrected chi connectivity index (χ0v) is 28.2. The molecule has 2 aliphatic rings. The summed E-state index contributed by atoms with van der Waals surface area (Å²) in [6, 6.07) is 19.3. The molecule has 2 aliphatic heterocycles. The monoisotopic (exact) mass is 645 g/mol. The number of carbonyl (C=O) groups is 1. The van der Waals surface area contributed by atoms with Crippen molar-refractivity contribution in [1.82, 2.24) is 19.8 Å². The molecule has 1 saturated heterocycles. The molecule has 1 fully saturated rings. The van der Waals surface area contributed by atoms with Crippen LogP contribution in [0.2, 0.25) is 0 Å². The predicted octanol–water partition coefficient (Wildman–Crippen LogP) is 7.84. The number of hydrogen-bond acceptors (Lipinski definition) is 8. The molecule has 1 N–H and O–H groups in total. The van der Waals surface area contributed by atoms with E-state index < -0.39 is 5.97 Å². The number of aromatic nitrogens is 2. The molecule has 0 spiro atoms. The summed E-state index contributed by atoms with van der Waals surface area (Å²) >= 11 is 1.83. The van der Waals surface area contributed by atoms with Gasteiger partial charge < -0.3 is 9.52 Å². The van der Waals surface area contributed by atoms with Gasteiger partial charge in [-0.2, -0.15) is 5.26 Å². The van der Waals surface area contributed by atoms with Gasteiger partial charge in [0.15, 0.2) is 5.58 Å². The molecular formula is C38H39N5O3S.